The number of carbonyl (C=O) groups excluding carboxylic acids is 1. The first kappa shape index (κ1) is 15.3. The minimum absolute atomic E-state index is 0.00146. The second-order valence-electron chi connectivity index (χ2n) is 4.57. The Morgan fingerprint density at radius 3 is 2.67 bits per heavy atom. The van der Waals surface area contributed by atoms with Crippen molar-refractivity contribution in [3.8, 4) is 0 Å². The Labute approximate surface area is 116 Å². The SMILES string of the molecule is CC(C)CC(Cl)CNC(=O)c1ccc(Cl)c(F)c1. The molecule has 0 saturated heterocycles. The van der Waals surface area contributed by atoms with Gasteiger partial charge in [-0.25, -0.2) is 4.39 Å². The average molecular weight is 292 g/mol. The lowest BCUT2D eigenvalue weighted by Crippen LogP contribution is -2.30. The van der Waals surface area contributed by atoms with Gasteiger partial charge in [-0.3, -0.25) is 4.79 Å². The van der Waals surface area contributed by atoms with Gasteiger partial charge in [0.05, 0.1) is 10.4 Å². The molecule has 0 aliphatic rings. The molecule has 0 heterocycles. The lowest BCUT2D eigenvalue weighted by Gasteiger charge is -2.13. The van der Waals surface area contributed by atoms with Crippen LogP contribution in [0.5, 0.6) is 0 Å². The lowest BCUT2D eigenvalue weighted by molar-refractivity contribution is 0.0952. The highest BCUT2D eigenvalue weighted by atomic mass is 35.5. The Kier molecular flexibility index (Phi) is 5.89. The standard InChI is InChI=1S/C13H16Cl2FNO/c1-8(2)5-10(14)7-17-13(18)9-3-4-11(15)12(16)6-9/h3-4,6,8,10H,5,7H2,1-2H3,(H,17,18). The predicted octanol–water partition coefficient (Wildman–Crippen LogP) is 3.86. The molecular weight excluding hydrogens is 276 g/mol. The highest BCUT2D eigenvalue weighted by molar-refractivity contribution is 6.30. The average Bonchev–Trinajstić information content (AvgIpc) is 2.28. The van der Waals surface area contributed by atoms with Gasteiger partial charge in [-0.15, -0.1) is 11.6 Å². The van der Waals surface area contributed by atoms with Crippen LogP contribution in [0.2, 0.25) is 5.02 Å². The zero-order valence-electron chi connectivity index (χ0n) is 10.3. The molecule has 18 heavy (non-hydrogen) atoms. The van der Waals surface area contributed by atoms with Gasteiger partial charge in [0.15, 0.2) is 0 Å². The Bertz CT molecular complexity index is 423. The summed E-state index contributed by atoms with van der Waals surface area (Å²) in [6.45, 7) is 4.49. The van der Waals surface area contributed by atoms with Crippen LogP contribution in [0.3, 0.4) is 0 Å². The summed E-state index contributed by atoms with van der Waals surface area (Å²) in [5, 5.41) is 2.55. The van der Waals surface area contributed by atoms with Crippen molar-refractivity contribution in [2.75, 3.05) is 6.54 Å². The highest BCUT2D eigenvalue weighted by Crippen LogP contribution is 2.15. The second kappa shape index (κ2) is 6.95. The van der Waals surface area contributed by atoms with Crippen LogP contribution in [0.25, 0.3) is 0 Å². The third kappa shape index (κ3) is 4.83. The van der Waals surface area contributed by atoms with Crippen LogP contribution in [0, 0.1) is 11.7 Å². The van der Waals surface area contributed by atoms with E-state index in [0.717, 1.165) is 12.5 Å². The van der Waals surface area contributed by atoms with E-state index in [1.165, 1.54) is 12.1 Å². The fraction of sp³-hybridized carbons (Fsp3) is 0.462. The van der Waals surface area contributed by atoms with Crippen molar-refractivity contribution in [2.45, 2.75) is 25.6 Å². The number of halogens is 3. The molecule has 1 amide bonds. The quantitative estimate of drug-likeness (QED) is 0.820. The topological polar surface area (TPSA) is 29.1 Å². The highest BCUT2D eigenvalue weighted by Gasteiger charge is 2.12. The Balaban J connectivity index is 2.52. The number of alkyl halides is 1. The molecule has 1 unspecified atom stereocenters. The predicted molar refractivity (Wildman–Crippen MR) is 72.8 cm³/mol. The fourth-order valence-electron chi connectivity index (χ4n) is 1.54. The Hall–Kier alpha value is -0.800. The lowest BCUT2D eigenvalue weighted by atomic mass is 10.1. The van der Waals surface area contributed by atoms with Crippen molar-refractivity contribution in [3.05, 3.63) is 34.6 Å². The van der Waals surface area contributed by atoms with Crippen molar-refractivity contribution in [1.82, 2.24) is 5.32 Å². The van der Waals surface area contributed by atoms with E-state index < -0.39 is 5.82 Å². The molecule has 2 nitrogen and oxygen atoms in total. The van der Waals surface area contributed by atoms with E-state index in [4.69, 9.17) is 23.2 Å². The molecule has 100 valence electrons. The summed E-state index contributed by atoms with van der Waals surface area (Å²) in [6.07, 6.45) is 0.816. The molecule has 0 bridgehead atoms. The number of benzene rings is 1. The van der Waals surface area contributed by atoms with E-state index in [2.05, 4.69) is 19.2 Å². The van der Waals surface area contributed by atoms with Crippen molar-refractivity contribution in [1.29, 1.82) is 0 Å². The molecule has 0 aromatic heterocycles. The van der Waals surface area contributed by atoms with Gasteiger partial charge < -0.3 is 5.32 Å². The van der Waals surface area contributed by atoms with Crippen LogP contribution < -0.4 is 5.32 Å². The first-order valence-corrected chi connectivity index (χ1v) is 6.59. The van der Waals surface area contributed by atoms with Crippen LogP contribution in [0.15, 0.2) is 18.2 Å². The van der Waals surface area contributed by atoms with Crippen LogP contribution in [-0.2, 0) is 0 Å². The molecule has 0 aliphatic heterocycles. The monoisotopic (exact) mass is 291 g/mol. The van der Waals surface area contributed by atoms with Gasteiger partial charge >= 0.3 is 0 Å². The summed E-state index contributed by atoms with van der Waals surface area (Å²) < 4.78 is 13.2. The fourth-order valence-corrected chi connectivity index (χ4v) is 2.09. The van der Waals surface area contributed by atoms with Crippen LogP contribution >= 0.6 is 23.2 Å². The maximum atomic E-state index is 13.2. The van der Waals surface area contributed by atoms with Crippen molar-refractivity contribution < 1.29 is 9.18 Å². The van der Waals surface area contributed by atoms with E-state index >= 15 is 0 Å². The molecule has 1 N–H and O–H groups in total. The number of nitrogens with one attached hydrogen (secondary N) is 1. The van der Waals surface area contributed by atoms with Crippen molar-refractivity contribution >= 4 is 29.1 Å². The summed E-state index contributed by atoms with van der Waals surface area (Å²) >= 11 is 11.6. The first-order chi connectivity index (χ1) is 8.40. The molecule has 1 atom stereocenters. The van der Waals surface area contributed by atoms with Gasteiger partial charge in [-0.1, -0.05) is 25.4 Å². The molecule has 0 spiro atoms. The number of hydrogen-bond acceptors (Lipinski definition) is 1. The number of carbonyl (C=O) groups is 1. The third-order valence-corrected chi connectivity index (χ3v) is 3.03. The zero-order valence-corrected chi connectivity index (χ0v) is 11.9. The Morgan fingerprint density at radius 2 is 2.11 bits per heavy atom. The van der Waals surface area contributed by atoms with E-state index in [-0.39, 0.29) is 21.9 Å². The summed E-state index contributed by atoms with van der Waals surface area (Å²) in [5.74, 6) is -0.480. The summed E-state index contributed by atoms with van der Waals surface area (Å²) in [6, 6.07) is 3.95. The molecule has 0 radical (unpaired) electrons. The smallest absolute Gasteiger partial charge is 0.251 e. The van der Waals surface area contributed by atoms with Crippen molar-refractivity contribution in [2.24, 2.45) is 5.92 Å². The molecular formula is C13H16Cl2FNO. The third-order valence-electron chi connectivity index (χ3n) is 2.39. The summed E-state index contributed by atoms with van der Waals surface area (Å²) in [5.41, 5.74) is 0.241. The molecule has 5 heteroatoms. The van der Waals surface area contributed by atoms with E-state index in [9.17, 15) is 9.18 Å². The molecule has 0 aliphatic carbocycles. The maximum Gasteiger partial charge on any atom is 0.251 e. The molecule has 1 aromatic carbocycles. The summed E-state index contributed by atoms with van der Waals surface area (Å²) in [7, 11) is 0. The zero-order chi connectivity index (χ0) is 13.7. The van der Waals surface area contributed by atoms with Crippen LogP contribution in [0.4, 0.5) is 4.39 Å². The normalized spacial score (nSPS) is 12.6. The maximum absolute atomic E-state index is 13.2. The van der Waals surface area contributed by atoms with Crippen LogP contribution in [-0.4, -0.2) is 17.8 Å². The minimum Gasteiger partial charge on any atom is -0.351 e. The van der Waals surface area contributed by atoms with Crippen molar-refractivity contribution in [3.63, 3.8) is 0 Å². The van der Waals surface area contributed by atoms with E-state index in [0.29, 0.717) is 12.5 Å². The van der Waals surface area contributed by atoms with Gasteiger partial charge in [0.1, 0.15) is 5.82 Å². The minimum atomic E-state index is -0.603. The van der Waals surface area contributed by atoms with Gasteiger partial charge in [0.2, 0.25) is 0 Å². The molecule has 0 saturated carbocycles. The molecule has 0 fully saturated rings. The number of hydrogen-bond donors (Lipinski definition) is 1. The van der Waals surface area contributed by atoms with Gasteiger partial charge in [0.25, 0.3) is 5.91 Å². The van der Waals surface area contributed by atoms with E-state index in [1.807, 2.05) is 0 Å². The van der Waals surface area contributed by atoms with Gasteiger partial charge in [-0.2, -0.15) is 0 Å². The van der Waals surface area contributed by atoms with Gasteiger partial charge in [0, 0.05) is 12.1 Å². The molecule has 1 aromatic rings. The van der Waals surface area contributed by atoms with Gasteiger partial charge in [-0.05, 0) is 30.5 Å². The largest absolute Gasteiger partial charge is 0.351 e. The van der Waals surface area contributed by atoms with E-state index in [1.54, 1.807) is 0 Å². The van der Waals surface area contributed by atoms with Crippen LogP contribution in [0.1, 0.15) is 30.6 Å². The first-order valence-electron chi connectivity index (χ1n) is 5.77. The summed E-state index contributed by atoms with van der Waals surface area (Å²) in [4.78, 5) is 11.7. The number of rotatable bonds is 5. The molecule has 1 rings (SSSR count). The number of amides is 1. The second-order valence-corrected chi connectivity index (χ2v) is 5.59. The Morgan fingerprint density at radius 1 is 1.44 bits per heavy atom.